The van der Waals surface area contributed by atoms with E-state index in [-0.39, 0.29) is 17.4 Å². The Labute approximate surface area is 159 Å². The van der Waals surface area contributed by atoms with Crippen molar-refractivity contribution in [2.45, 2.75) is 6.04 Å². The Morgan fingerprint density at radius 3 is 2.07 bits per heavy atom. The molecule has 1 amide bonds. The largest absolute Gasteiger partial charge is 0.351 e. The molecular weight excluding hydrogens is 365 g/mol. The molecular formula is C22H15F3N2O. The maximum atomic E-state index is 13.8. The molecule has 1 N–H and O–H groups in total. The Bertz CT molecular complexity index is 1050. The van der Waals surface area contributed by atoms with E-state index in [0.29, 0.717) is 16.9 Å². The minimum Gasteiger partial charge on any atom is -0.351 e. The highest BCUT2D eigenvalue weighted by atomic mass is 19.1. The summed E-state index contributed by atoms with van der Waals surface area (Å²) in [6, 6.07) is 16.5. The van der Waals surface area contributed by atoms with Crippen LogP contribution in [0.2, 0.25) is 0 Å². The van der Waals surface area contributed by atoms with E-state index in [0.717, 1.165) is 0 Å². The van der Waals surface area contributed by atoms with Crippen molar-refractivity contribution in [1.82, 2.24) is 0 Å². The van der Waals surface area contributed by atoms with Crippen LogP contribution in [0, 0.1) is 17.5 Å². The number of carbonyl (C=O) groups excluding carboxylic acids is 1. The third kappa shape index (κ3) is 3.49. The molecule has 1 aliphatic rings. The molecule has 0 bridgehead atoms. The van der Waals surface area contributed by atoms with Gasteiger partial charge < -0.3 is 5.32 Å². The summed E-state index contributed by atoms with van der Waals surface area (Å²) in [5, 5.41) is 2.98. The molecule has 0 saturated carbocycles. The standard InChI is InChI=1S/C22H15F3N2O/c23-15-4-8-18(9-5-15)26-20-13-21(14-2-1-3-17(25)12-14)27(22(20)28)19-10-6-16(24)7-11-19/h1-13,21,26H/t21-/m0/s1. The van der Waals surface area contributed by atoms with Crippen LogP contribution in [0.25, 0.3) is 0 Å². The van der Waals surface area contributed by atoms with Crippen molar-refractivity contribution in [3.8, 4) is 0 Å². The molecule has 0 aliphatic carbocycles. The number of amides is 1. The summed E-state index contributed by atoms with van der Waals surface area (Å²) in [6.07, 6.45) is 1.67. The van der Waals surface area contributed by atoms with Gasteiger partial charge in [-0.15, -0.1) is 0 Å². The minimum absolute atomic E-state index is 0.269. The second kappa shape index (κ2) is 7.23. The van der Waals surface area contributed by atoms with E-state index in [4.69, 9.17) is 0 Å². The zero-order valence-electron chi connectivity index (χ0n) is 14.6. The van der Waals surface area contributed by atoms with Crippen molar-refractivity contribution >= 4 is 17.3 Å². The Balaban J connectivity index is 1.73. The van der Waals surface area contributed by atoms with Crippen LogP contribution in [-0.4, -0.2) is 5.91 Å². The molecule has 0 unspecified atom stereocenters. The minimum atomic E-state index is -0.573. The van der Waals surface area contributed by atoms with Crippen molar-refractivity contribution in [1.29, 1.82) is 0 Å². The highest BCUT2D eigenvalue weighted by Crippen LogP contribution is 2.36. The van der Waals surface area contributed by atoms with Crippen molar-refractivity contribution in [2.75, 3.05) is 10.2 Å². The number of carbonyl (C=O) groups is 1. The van der Waals surface area contributed by atoms with Crippen LogP contribution in [0.4, 0.5) is 24.5 Å². The van der Waals surface area contributed by atoms with Gasteiger partial charge in [0.05, 0.1) is 6.04 Å². The van der Waals surface area contributed by atoms with Crippen molar-refractivity contribution in [2.24, 2.45) is 0 Å². The number of nitrogens with zero attached hydrogens (tertiary/aromatic N) is 1. The molecule has 3 aromatic rings. The second-order valence-corrected chi connectivity index (χ2v) is 6.36. The van der Waals surface area contributed by atoms with Crippen LogP contribution in [0.1, 0.15) is 11.6 Å². The molecule has 6 heteroatoms. The van der Waals surface area contributed by atoms with Crippen LogP contribution >= 0.6 is 0 Å². The number of rotatable bonds is 4. The molecule has 1 aliphatic heterocycles. The quantitative estimate of drug-likeness (QED) is 0.676. The summed E-state index contributed by atoms with van der Waals surface area (Å²) in [4.78, 5) is 14.5. The topological polar surface area (TPSA) is 32.3 Å². The van der Waals surface area contributed by atoms with Gasteiger partial charge in [-0.05, 0) is 72.3 Å². The number of benzene rings is 3. The first kappa shape index (κ1) is 17.9. The Hall–Kier alpha value is -3.54. The van der Waals surface area contributed by atoms with Gasteiger partial charge in [0.1, 0.15) is 23.1 Å². The lowest BCUT2D eigenvalue weighted by Gasteiger charge is -2.25. The van der Waals surface area contributed by atoms with Crippen LogP contribution < -0.4 is 10.2 Å². The first-order valence-corrected chi connectivity index (χ1v) is 8.60. The normalized spacial score (nSPS) is 16.2. The van der Waals surface area contributed by atoms with Gasteiger partial charge in [0.15, 0.2) is 0 Å². The lowest BCUT2D eigenvalue weighted by atomic mass is 10.1. The summed E-state index contributed by atoms with van der Waals surface area (Å²) < 4.78 is 40.2. The Kier molecular flexibility index (Phi) is 4.61. The van der Waals surface area contributed by atoms with E-state index in [2.05, 4.69) is 5.32 Å². The molecule has 140 valence electrons. The fourth-order valence-electron chi connectivity index (χ4n) is 3.16. The molecule has 0 aromatic heterocycles. The first-order valence-electron chi connectivity index (χ1n) is 8.60. The zero-order chi connectivity index (χ0) is 19.7. The highest BCUT2D eigenvalue weighted by molar-refractivity contribution is 6.11. The van der Waals surface area contributed by atoms with Gasteiger partial charge in [0.25, 0.3) is 5.91 Å². The first-order chi connectivity index (χ1) is 13.5. The summed E-state index contributed by atoms with van der Waals surface area (Å²) in [5.74, 6) is -1.58. The lowest BCUT2D eigenvalue weighted by Crippen LogP contribution is -2.30. The van der Waals surface area contributed by atoms with Crippen LogP contribution in [-0.2, 0) is 4.79 Å². The lowest BCUT2D eigenvalue weighted by molar-refractivity contribution is -0.114. The molecule has 3 nitrogen and oxygen atoms in total. The van der Waals surface area contributed by atoms with E-state index in [1.165, 1.54) is 65.6 Å². The molecule has 0 fully saturated rings. The van der Waals surface area contributed by atoms with Gasteiger partial charge in [-0.1, -0.05) is 12.1 Å². The summed E-state index contributed by atoms with van der Waals surface area (Å²) in [6.45, 7) is 0. The summed E-state index contributed by atoms with van der Waals surface area (Å²) in [5.41, 5.74) is 1.87. The SMILES string of the molecule is O=C1C(Nc2ccc(F)cc2)=C[C@@H](c2cccc(F)c2)N1c1ccc(F)cc1. The second-order valence-electron chi connectivity index (χ2n) is 6.36. The number of hydrogen-bond acceptors (Lipinski definition) is 2. The molecule has 28 heavy (non-hydrogen) atoms. The van der Waals surface area contributed by atoms with Gasteiger partial charge in [0.2, 0.25) is 0 Å². The van der Waals surface area contributed by atoms with Gasteiger partial charge in [0, 0.05) is 11.4 Å². The van der Waals surface area contributed by atoms with E-state index in [1.807, 2.05) is 0 Å². The maximum Gasteiger partial charge on any atom is 0.275 e. The number of halogens is 3. The number of hydrogen-bond donors (Lipinski definition) is 1. The van der Waals surface area contributed by atoms with E-state index in [9.17, 15) is 18.0 Å². The molecule has 3 aromatic carbocycles. The summed E-state index contributed by atoms with van der Waals surface area (Å²) >= 11 is 0. The smallest absolute Gasteiger partial charge is 0.275 e. The fourth-order valence-corrected chi connectivity index (χ4v) is 3.16. The molecule has 1 atom stereocenters. The van der Waals surface area contributed by atoms with Gasteiger partial charge >= 0.3 is 0 Å². The molecule has 0 radical (unpaired) electrons. The zero-order valence-corrected chi connectivity index (χ0v) is 14.6. The molecule has 1 heterocycles. The van der Waals surface area contributed by atoms with Crippen LogP contribution in [0.5, 0.6) is 0 Å². The number of anilines is 2. The fraction of sp³-hybridized carbons (Fsp3) is 0.0455. The maximum absolute atomic E-state index is 13.8. The molecule has 0 saturated heterocycles. The van der Waals surface area contributed by atoms with Crippen LogP contribution in [0.3, 0.4) is 0 Å². The predicted octanol–water partition coefficient (Wildman–Crippen LogP) is 5.19. The molecule has 4 rings (SSSR count). The Morgan fingerprint density at radius 2 is 1.43 bits per heavy atom. The molecule has 0 spiro atoms. The summed E-state index contributed by atoms with van der Waals surface area (Å²) in [7, 11) is 0. The third-order valence-electron chi connectivity index (χ3n) is 4.47. The van der Waals surface area contributed by atoms with E-state index < -0.39 is 17.7 Å². The van der Waals surface area contributed by atoms with Gasteiger partial charge in [-0.2, -0.15) is 0 Å². The predicted molar refractivity (Wildman–Crippen MR) is 101 cm³/mol. The Morgan fingerprint density at radius 1 is 0.786 bits per heavy atom. The van der Waals surface area contributed by atoms with Gasteiger partial charge in [-0.25, -0.2) is 13.2 Å². The van der Waals surface area contributed by atoms with Crippen molar-refractivity contribution < 1.29 is 18.0 Å². The highest BCUT2D eigenvalue weighted by Gasteiger charge is 2.35. The van der Waals surface area contributed by atoms with E-state index >= 15 is 0 Å². The average Bonchev–Trinajstić information content (AvgIpc) is 3.01. The third-order valence-corrected chi connectivity index (χ3v) is 4.47. The average molecular weight is 380 g/mol. The number of nitrogens with one attached hydrogen (secondary N) is 1. The monoisotopic (exact) mass is 380 g/mol. The van der Waals surface area contributed by atoms with Crippen LogP contribution in [0.15, 0.2) is 84.6 Å². The van der Waals surface area contributed by atoms with Crippen molar-refractivity contribution in [3.05, 3.63) is 108 Å². The van der Waals surface area contributed by atoms with E-state index in [1.54, 1.807) is 18.2 Å². The van der Waals surface area contributed by atoms with Gasteiger partial charge in [-0.3, -0.25) is 9.69 Å². The van der Waals surface area contributed by atoms with Crippen molar-refractivity contribution in [3.63, 3.8) is 0 Å².